The van der Waals surface area contributed by atoms with E-state index in [0.29, 0.717) is 12.5 Å². The van der Waals surface area contributed by atoms with Gasteiger partial charge >= 0.3 is 0 Å². The molecular formula is C14H19NO. The molecule has 0 atom stereocenters. The lowest BCUT2D eigenvalue weighted by Gasteiger charge is -2.10. The molecular weight excluding hydrogens is 198 g/mol. The number of hydrogen-bond acceptors (Lipinski definition) is 2. The fourth-order valence-electron chi connectivity index (χ4n) is 2.29. The summed E-state index contributed by atoms with van der Waals surface area (Å²) in [5, 5.41) is 3.46. The Hall–Kier alpha value is -1.15. The molecule has 2 rings (SSSR count). The van der Waals surface area contributed by atoms with Crippen LogP contribution in [-0.2, 0) is 0 Å². The molecule has 0 saturated heterocycles. The molecule has 1 aliphatic carbocycles. The molecule has 86 valence electrons. The molecule has 2 heteroatoms. The first-order valence-corrected chi connectivity index (χ1v) is 6.18. The maximum Gasteiger partial charge on any atom is 0.164 e. The minimum atomic E-state index is 0.242. The topological polar surface area (TPSA) is 29.1 Å². The van der Waals surface area contributed by atoms with Crippen molar-refractivity contribution < 1.29 is 4.79 Å². The molecule has 0 unspecified atom stereocenters. The zero-order valence-corrected chi connectivity index (χ0v) is 9.61. The number of carbonyl (C=O) groups is 1. The lowest BCUT2D eigenvalue weighted by atomic mass is 10.1. The lowest BCUT2D eigenvalue weighted by Crippen LogP contribution is -2.28. The molecule has 0 spiro atoms. The summed E-state index contributed by atoms with van der Waals surface area (Å²) in [6, 6.07) is 10.2. The molecule has 1 aliphatic rings. The van der Waals surface area contributed by atoms with Gasteiger partial charge in [-0.05, 0) is 12.8 Å². The number of ketones is 1. The Bertz CT molecular complexity index is 328. The SMILES string of the molecule is O=C(CCNC1CCCC1)c1ccccc1. The van der Waals surface area contributed by atoms with Crippen LogP contribution in [0.3, 0.4) is 0 Å². The van der Waals surface area contributed by atoms with Gasteiger partial charge in [0.2, 0.25) is 0 Å². The summed E-state index contributed by atoms with van der Waals surface area (Å²) in [4.78, 5) is 11.8. The molecule has 2 nitrogen and oxygen atoms in total. The van der Waals surface area contributed by atoms with E-state index in [0.717, 1.165) is 12.1 Å². The second-order valence-corrected chi connectivity index (χ2v) is 4.47. The Labute approximate surface area is 97.1 Å². The maximum atomic E-state index is 11.8. The van der Waals surface area contributed by atoms with Gasteiger partial charge in [-0.15, -0.1) is 0 Å². The van der Waals surface area contributed by atoms with Gasteiger partial charge in [0.1, 0.15) is 0 Å². The van der Waals surface area contributed by atoms with Gasteiger partial charge in [-0.25, -0.2) is 0 Å². The van der Waals surface area contributed by atoms with Crippen molar-refractivity contribution in [3.63, 3.8) is 0 Å². The van der Waals surface area contributed by atoms with Crippen molar-refractivity contribution >= 4 is 5.78 Å². The van der Waals surface area contributed by atoms with E-state index in [4.69, 9.17) is 0 Å². The highest BCUT2D eigenvalue weighted by Gasteiger charge is 2.14. The zero-order valence-electron chi connectivity index (χ0n) is 9.61. The average molecular weight is 217 g/mol. The van der Waals surface area contributed by atoms with Crippen LogP contribution < -0.4 is 5.32 Å². The molecule has 1 N–H and O–H groups in total. The number of nitrogens with one attached hydrogen (secondary N) is 1. The van der Waals surface area contributed by atoms with E-state index in [9.17, 15) is 4.79 Å². The highest BCUT2D eigenvalue weighted by atomic mass is 16.1. The molecule has 0 aliphatic heterocycles. The quantitative estimate of drug-likeness (QED) is 0.768. The third kappa shape index (κ3) is 3.17. The van der Waals surface area contributed by atoms with Crippen LogP contribution in [0.2, 0.25) is 0 Å². The van der Waals surface area contributed by atoms with E-state index < -0.39 is 0 Å². The fourth-order valence-corrected chi connectivity index (χ4v) is 2.29. The first-order valence-electron chi connectivity index (χ1n) is 6.18. The van der Waals surface area contributed by atoms with Crippen LogP contribution >= 0.6 is 0 Å². The van der Waals surface area contributed by atoms with Crippen molar-refractivity contribution in [2.75, 3.05) is 6.54 Å². The van der Waals surface area contributed by atoms with E-state index >= 15 is 0 Å². The summed E-state index contributed by atoms with van der Waals surface area (Å²) >= 11 is 0. The van der Waals surface area contributed by atoms with Gasteiger partial charge in [0.25, 0.3) is 0 Å². The number of carbonyl (C=O) groups excluding carboxylic acids is 1. The number of benzene rings is 1. The highest BCUT2D eigenvalue weighted by molar-refractivity contribution is 5.96. The number of hydrogen-bond donors (Lipinski definition) is 1. The first kappa shape index (κ1) is 11.3. The Morgan fingerprint density at radius 3 is 2.56 bits per heavy atom. The van der Waals surface area contributed by atoms with Gasteiger partial charge < -0.3 is 5.32 Å². The predicted octanol–water partition coefficient (Wildman–Crippen LogP) is 2.79. The van der Waals surface area contributed by atoms with Crippen molar-refractivity contribution in [1.29, 1.82) is 0 Å². The third-order valence-corrected chi connectivity index (χ3v) is 3.24. The van der Waals surface area contributed by atoms with Gasteiger partial charge in [-0.1, -0.05) is 43.2 Å². The maximum absolute atomic E-state index is 11.8. The lowest BCUT2D eigenvalue weighted by molar-refractivity contribution is 0.0981. The van der Waals surface area contributed by atoms with Crippen molar-refractivity contribution in [1.82, 2.24) is 5.32 Å². The number of rotatable bonds is 5. The average Bonchev–Trinajstić information content (AvgIpc) is 2.83. The van der Waals surface area contributed by atoms with Gasteiger partial charge in [-0.3, -0.25) is 4.79 Å². The first-order chi connectivity index (χ1) is 7.86. The van der Waals surface area contributed by atoms with Crippen molar-refractivity contribution in [3.05, 3.63) is 35.9 Å². The fraction of sp³-hybridized carbons (Fsp3) is 0.500. The van der Waals surface area contributed by atoms with E-state index in [1.807, 2.05) is 30.3 Å². The van der Waals surface area contributed by atoms with Crippen LogP contribution in [0.1, 0.15) is 42.5 Å². The molecule has 0 radical (unpaired) electrons. The molecule has 1 fully saturated rings. The van der Waals surface area contributed by atoms with Crippen molar-refractivity contribution in [3.8, 4) is 0 Å². The smallest absolute Gasteiger partial charge is 0.164 e. The molecule has 0 bridgehead atoms. The molecule has 1 aromatic rings. The minimum absolute atomic E-state index is 0.242. The van der Waals surface area contributed by atoms with Crippen molar-refractivity contribution in [2.45, 2.75) is 38.1 Å². The summed E-state index contributed by atoms with van der Waals surface area (Å²) in [7, 11) is 0. The summed E-state index contributed by atoms with van der Waals surface area (Å²) in [6.45, 7) is 0.818. The summed E-state index contributed by atoms with van der Waals surface area (Å²) in [5.41, 5.74) is 0.829. The minimum Gasteiger partial charge on any atom is -0.314 e. The standard InChI is InChI=1S/C14H19NO/c16-14(12-6-2-1-3-7-12)10-11-15-13-8-4-5-9-13/h1-3,6-7,13,15H,4-5,8-11H2. The van der Waals surface area contributed by atoms with Crippen LogP contribution in [0, 0.1) is 0 Å². The molecule has 16 heavy (non-hydrogen) atoms. The predicted molar refractivity (Wildman–Crippen MR) is 65.6 cm³/mol. The van der Waals surface area contributed by atoms with Gasteiger partial charge in [-0.2, -0.15) is 0 Å². The van der Waals surface area contributed by atoms with Crippen LogP contribution in [0.25, 0.3) is 0 Å². The molecule has 1 aromatic carbocycles. The normalized spacial score (nSPS) is 16.5. The summed E-state index contributed by atoms with van der Waals surface area (Å²) in [5.74, 6) is 0.242. The Morgan fingerprint density at radius 2 is 1.88 bits per heavy atom. The van der Waals surface area contributed by atoms with E-state index in [2.05, 4.69) is 5.32 Å². The van der Waals surface area contributed by atoms with Gasteiger partial charge in [0.05, 0.1) is 0 Å². The number of Topliss-reactive ketones (excluding diaryl/α,β-unsaturated/α-hetero) is 1. The molecule has 1 saturated carbocycles. The Balaban J connectivity index is 1.71. The summed E-state index contributed by atoms with van der Waals surface area (Å²) < 4.78 is 0. The van der Waals surface area contributed by atoms with Gasteiger partial charge in [0.15, 0.2) is 5.78 Å². The second kappa shape index (κ2) is 5.80. The van der Waals surface area contributed by atoms with Crippen molar-refractivity contribution in [2.24, 2.45) is 0 Å². The third-order valence-electron chi connectivity index (χ3n) is 3.24. The van der Waals surface area contributed by atoms with Gasteiger partial charge in [0, 0.05) is 24.6 Å². The van der Waals surface area contributed by atoms with Crippen LogP contribution in [-0.4, -0.2) is 18.4 Å². The molecule has 0 heterocycles. The Kier molecular flexibility index (Phi) is 4.11. The van der Waals surface area contributed by atoms with E-state index in [1.54, 1.807) is 0 Å². The van der Waals surface area contributed by atoms with E-state index in [1.165, 1.54) is 25.7 Å². The van der Waals surface area contributed by atoms with E-state index in [-0.39, 0.29) is 5.78 Å². The monoisotopic (exact) mass is 217 g/mol. The largest absolute Gasteiger partial charge is 0.314 e. The van der Waals surface area contributed by atoms with Crippen LogP contribution in [0.4, 0.5) is 0 Å². The van der Waals surface area contributed by atoms with Crippen LogP contribution in [0.5, 0.6) is 0 Å². The molecule has 0 amide bonds. The second-order valence-electron chi connectivity index (χ2n) is 4.47. The Morgan fingerprint density at radius 1 is 1.19 bits per heavy atom. The highest BCUT2D eigenvalue weighted by Crippen LogP contribution is 2.17. The summed E-state index contributed by atoms with van der Waals surface area (Å²) in [6.07, 6.45) is 5.84. The van der Waals surface area contributed by atoms with Crippen LogP contribution in [0.15, 0.2) is 30.3 Å². The zero-order chi connectivity index (χ0) is 11.2. The molecule has 0 aromatic heterocycles.